The lowest BCUT2D eigenvalue weighted by molar-refractivity contribution is -0.129. The smallest absolute Gasteiger partial charge is 0.219 e. The molecule has 1 N–H and O–H groups in total. The molecule has 1 atom stereocenters. The van der Waals surface area contributed by atoms with Crippen LogP contribution in [0.25, 0.3) is 0 Å². The van der Waals surface area contributed by atoms with Crippen LogP contribution >= 0.6 is 0 Å². The van der Waals surface area contributed by atoms with Crippen LogP contribution in [0.1, 0.15) is 40.5 Å². The Morgan fingerprint density at radius 3 is 2.48 bits per heavy atom. The molecule has 0 aromatic rings. The van der Waals surface area contributed by atoms with Gasteiger partial charge in [-0.05, 0) is 33.6 Å². The van der Waals surface area contributed by atoms with Gasteiger partial charge in [0.1, 0.15) is 0 Å². The minimum Gasteiger partial charge on any atom is -0.390 e. The summed E-state index contributed by atoms with van der Waals surface area (Å²) in [6, 6.07) is 0. The van der Waals surface area contributed by atoms with E-state index in [1.54, 1.807) is 11.8 Å². The SMILES string of the molecule is CC(=O)N1CCN(CC=C(C)CCC=C(C)C)CC(O)C1. The molecule has 0 aromatic carbocycles. The number of carbonyl (C=O) groups is 1. The van der Waals surface area contributed by atoms with Gasteiger partial charge >= 0.3 is 0 Å². The molecule has 1 aliphatic heterocycles. The van der Waals surface area contributed by atoms with E-state index < -0.39 is 6.10 Å². The summed E-state index contributed by atoms with van der Waals surface area (Å²) in [7, 11) is 0. The molecular formula is C17H30N2O2. The van der Waals surface area contributed by atoms with E-state index in [-0.39, 0.29) is 5.91 Å². The maximum absolute atomic E-state index is 11.4. The van der Waals surface area contributed by atoms with Gasteiger partial charge in [0.15, 0.2) is 0 Å². The van der Waals surface area contributed by atoms with Crippen LogP contribution in [0.3, 0.4) is 0 Å². The van der Waals surface area contributed by atoms with E-state index in [2.05, 4.69) is 37.8 Å². The van der Waals surface area contributed by atoms with Crippen molar-refractivity contribution in [2.24, 2.45) is 0 Å². The molecule has 0 aromatic heterocycles. The molecule has 1 rings (SSSR count). The van der Waals surface area contributed by atoms with Crippen molar-refractivity contribution >= 4 is 5.91 Å². The van der Waals surface area contributed by atoms with Crippen LogP contribution in [-0.4, -0.2) is 59.6 Å². The zero-order chi connectivity index (χ0) is 15.8. The van der Waals surface area contributed by atoms with Gasteiger partial charge < -0.3 is 10.0 Å². The second-order valence-corrected chi connectivity index (χ2v) is 6.25. The average molecular weight is 294 g/mol. The highest BCUT2D eigenvalue weighted by molar-refractivity contribution is 5.73. The summed E-state index contributed by atoms with van der Waals surface area (Å²) in [5.41, 5.74) is 2.75. The van der Waals surface area contributed by atoms with E-state index in [4.69, 9.17) is 0 Å². The molecule has 0 bridgehead atoms. The highest BCUT2D eigenvalue weighted by Crippen LogP contribution is 2.09. The number of hydrogen-bond donors (Lipinski definition) is 1. The van der Waals surface area contributed by atoms with E-state index in [1.807, 2.05) is 0 Å². The molecule has 0 aliphatic carbocycles. The molecule has 4 heteroatoms. The Bertz CT molecular complexity index is 398. The van der Waals surface area contributed by atoms with Gasteiger partial charge in [0, 0.05) is 39.6 Å². The number of hydrogen-bond acceptors (Lipinski definition) is 3. The van der Waals surface area contributed by atoms with Crippen molar-refractivity contribution in [3.8, 4) is 0 Å². The third-order valence-electron chi connectivity index (χ3n) is 3.82. The zero-order valence-electron chi connectivity index (χ0n) is 13.9. The van der Waals surface area contributed by atoms with Crippen molar-refractivity contribution < 1.29 is 9.90 Å². The van der Waals surface area contributed by atoms with Gasteiger partial charge in [-0.25, -0.2) is 0 Å². The number of aliphatic hydroxyl groups is 1. The van der Waals surface area contributed by atoms with Crippen molar-refractivity contribution in [1.82, 2.24) is 9.80 Å². The van der Waals surface area contributed by atoms with Gasteiger partial charge in [-0.3, -0.25) is 9.69 Å². The average Bonchev–Trinajstić information content (AvgIpc) is 2.57. The molecule has 0 radical (unpaired) electrons. The lowest BCUT2D eigenvalue weighted by Crippen LogP contribution is -2.36. The fourth-order valence-corrected chi connectivity index (χ4v) is 2.48. The zero-order valence-corrected chi connectivity index (χ0v) is 13.9. The maximum atomic E-state index is 11.4. The summed E-state index contributed by atoms with van der Waals surface area (Å²) in [4.78, 5) is 15.4. The van der Waals surface area contributed by atoms with Gasteiger partial charge in [0.25, 0.3) is 0 Å². The first-order valence-corrected chi connectivity index (χ1v) is 7.83. The molecule has 1 saturated heterocycles. The van der Waals surface area contributed by atoms with E-state index >= 15 is 0 Å². The predicted molar refractivity (Wildman–Crippen MR) is 87.1 cm³/mol. The number of rotatable bonds is 5. The molecule has 4 nitrogen and oxygen atoms in total. The molecule has 1 unspecified atom stereocenters. The Balaban J connectivity index is 2.43. The monoisotopic (exact) mass is 294 g/mol. The molecule has 1 heterocycles. The van der Waals surface area contributed by atoms with Crippen molar-refractivity contribution in [3.63, 3.8) is 0 Å². The van der Waals surface area contributed by atoms with Crippen LogP contribution in [0, 0.1) is 0 Å². The molecule has 0 spiro atoms. The van der Waals surface area contributed by atoms with Gasteiger partial charge in [-0.15, -0.1) is 0 Å². The Kier molecular flexibility index (Phi) is 7.68. The summed E-state index contributed by atoms with van der Waals surface area (Å²) < 4.78 is 0. The third-order valence-corrected chi connectivity index (χ3v) is 3.82. The first-order valence-electron chi connectivity index (χ1n) is 7.83. The topological polar surface area (TPSA) is 43.8 Å². The Labute approximate surface area is 129 Å². The Morgan fingerprint density at radius 1 is 1.14 bits per heavy atom. The van der Waals surface area contributed by atoms with E-state index in [9.17, 15) is 9.90 Å². The Hall–Kier alpha value is -1.13. The van der Waals surface area contributed by atoms with Crippen LogP contribution in [-0.2, 0) is 4.79 Å². The van der Waals surface area contributed by atoms with E-state index in [0.29, 0.717) is 19.6 Å². The number of β-amino-alcohol motifs (C(OH)–C–C–N with tert-alkyl or cyclic N) is 1. The quantitative estimate of drug-likeness (QED) is 0.791. The number of aliphatic hydroxyl groups excluding tert-OH is 1. The summed E-state index contributed by atoms with van der Waals surface area (Å²) in [5.74, 6) is 0.0457. The van der Waals surface area contributed by atoms with Crippen LogP contribution in [0.5, 0.6) is 0 Å². The molecule has 21 heavy (non-hydrogen) atoms. The summed E-state index contributed by atoms with van der Waals surface area (Å²) in [6.45, 7) is 11.5. The summed E-state index contributed by atoms with van der Waals surface area (Å²) in [5, 5.41) is 9.98. The lowest BCUT2D eigenvalue weighted by Gasteiger charge is -2.19. The van der Waals surface area contributed by atoms with Gasteiger partial charge in [0.05, 0.1) is 6.10 Å². The highest BCUT2D eigenvalue weighted by Gasteiger charge is 2.21. The van der Waals surface area contributed by atoms with Crippen LogP contribution in [0.4, 0.5) is 0 Å². The number of carbonyl (C=O) groups excluding carboxylic acids is 1. The van der Waals surface area contributed by atoms with Gasteiger partial charge in [0.2, 0.25) is 5.91 Å². The number of amides is 1. The third kappa shape index (κ3) is 7.44. The van der Waals surface area contributed by atoms with Gasteiger partial charge in [-0.2, -0.15) is 0 Å². The fourth-order valence-electron chi connectivity index (χ4n) is 2.48. The fraction of sp³-hybridized carbons (Fsp3) is 0.706. The highest BCUT2D eigenvalue weighted by atomic mass is 16.3. The molecule has 0 saturated carbocycles. The van der Waals surface area contributed by atoms with Crippen molar-refractivity contribution in [1.29, 1.82) is 0 Å². The maximum Gasteiger partial charge on any atom is 0.219 e. The first kappa shape index (κ1) is 17.9. The van der Waals surface area contributed by atoms with E-state index in [0.717, 1.165) is 25.9 Å². The van der Waals surface area contributed by atoms with Crippen molar-refractivity contribution in [3.05, 3.63) is 23.3 Å². The molecule has 120 valence electrons. The molecular weight excluding hydrogens is 264 g/mol. The minimum absolute atomic E-state index is 0.0457. The normalized spacial score (nSPS) is 21.1. The van der Waals surface area contributed by atoms with Crippen LogP contribution < -0.4 is 0 Å². The predicted octanol–water partition coefficient (Wildman–Crippen LogP) is 2.20. The number of nitrogens with zero attached hydrogens (tertiary/aromatic N) is 2. The molecule has 1 fully saturated rings. The molecule has 1 amide bonds. The van der Waals surface area contributed by atoms with Crippen molar-refractivity contribution in [2.45, 2.75) is 46.6 Å². The van der Waals surface area contributed by atoms with Crippen LogP contribution in [0.2, 0.25) is 0 Å². The summed E-state index contributed by atoms with van der Waals surface area (Å²) >= 11 is 0. The minimum atomic E-state index is -0.448. The van der Waals surface area contributed by atoms with Crippen molar-refractivity contribution in [2.75, 3.05) is 32.7 Å². The molecule has 1 aliphatic rings. The summed E-state index contributed by atoms with van der Waals surface area (Å²) in [6.07, 6.45) is 6.23. The Morgan fingerprint density at radius 2 is 1.86 bits per heavy atom. The lowest BCUT2D eigenvalue weighted by atomic mass is 10.1. The standard InChI is InChI=1S/C17H30N2O2/c1-14(2)6-5-7-15(3)8-9-18-10-11-19(16(4)20)13-17(21)12-18/h6,8,17,21H,5,7,9-13H2,1-4H3. The van der Waals surface area contributed by atoms with Crippen LogP contribution in [0.15, 0.2) is 23.3 Å². The van der Waals surface area contributed by atoms with E-state index in [1.165, 1.54) is 11.1 Å². The second kappa shape index (κ2) is 9.00. The second-order valence-electron chi connectivity index (χ2n) is 6.25. The first-order chi connectivity index (χ1) is 9.88. The number of allylic oxidation sites excluding steroid dienone is 3. The van der Waals surface area contributed by atoms with Gasteiger partial charge in [-0.1, -0.05) is 23.3 Å². The largest absolute Gasteiger partial charge is 0.390 e.